The van der Waals surface area contributed by atoms with E-state index in [9.17, 15) is 4.79 Å². The lowest BCUT2D eigenvalue weighted by molar-refractivity contribution is -0.118. The summed E-state index contributed by atoms with van der Waals surface area (Å²) in [5.74, 6) is 0.0626. The molecule has 3 N–H and O–H groups in total. The molecule has 2 unspecified atom stereocenters. The molecule has 0 aliphatic rings. The average molecular weight is 336 g/mol. The third-order valence-electron chi connectivity index (χ3n) is 2.99. The van der Waals surface area contributed by atoms with Gasteiger partial charge in [-0.05, 0) is 36.6 Å². The Morgan fingerprint density at radius 2 is 2.11 bits per heavy atom. The third kappa shape index (κ3) is 4.59. The van der Waals surface area contributed by atoms with Crippen LogP contribution in [0.25, 0.3) is 0 Å². The summed E-state index contributed by atoms with van der Waals surface area (Å²) in [6, 6.07) is 5.24. The molecule has 1 aromatic rings. The summed E-state index contributed by atoms with van der Waals surface area (Å²) in [5.41, 5.74) is 7.74. The van der Waals surface area contributed by atoms with Crippen LogP contribution in [0.2, 0.25) is 0 Å². The molecule has 0 saturated carbocycles. The fourth-order valence-corrected chi connectivity index (χ4v) is 1.71. The van der Waals surface area contributed by atoms with E-state index in [2.05, 4.69) is 21.2 Å². The van der Waals surface area contributed by atoms with Crippen LogP contribution in [-0.4, -0.2) is 11.9 Å². The number of nitrogens with one attached hydrogen (secondary N) is 1. The summed E-state index contributed by atoms with van der Waals surface area (Å²) < 4.78 is 1.03. The van der Waals surface area contributed by atoms with Gasteiger partial charge in [-0.25, -0.2) is 0 Å². The van der Waals surface area contributed by atoms with E-state index in [1.807, 2.05) is 39.0 Å². The molecular weight excluding hydrogens is 316 g/mol. The van der Waals surface area contributed by atoms with Crippen LogP contribution >= 0.6 is 28.3 Å². The topological polar surface area (TPSA) is 55.1 Å². The second-order valence-corrected chi connectivity index (χ2v) is 5.22. The van der Waals surface area contributed by atoms with Crippen LogP contribution in [0, 0.1) is 12.8 Å². The molecule has 18 heavy (non-hydrogen) atoms. The maximum absolute atomic E-state index is 11.9. The molecule has 1 amide bonds. The quantitative estimate of drug-likeness (QED) is 0.885. The molecular formula is C13H20BrClN2O. The standard InChI is InChI=1S/C13H19BrN2O.ClH/c1-4-8(2)12(15)13(17)16-10-5-6-11(14)9(3)7-10;/h5-8,12H,4,15H2,1-3H3,(H,16,17);1H. The molecule has 0 spiro atoms. The van der Waals surface area contributed by atoms with Crippen LogP contribution in [0.4, 0.5) is 5.69 Å². The van der Waals surface area contributed by atoms with Gasteiger partial charge in [0.1, 0.15) is 0 Å². The second kappa shape index (κ2) is 7.77. The smallest absolute Gasteiger partial charge is 0.241 e. The van der Waals surface area contributed by atoms with Crippen molar-refractivity contribution >= 4 is 39.9 Å². The summed E-state index contributed by atoms with van der Waals surface area (Å²) in [5, 5.41) is 2.84. The Morgan fingerprint density at radius 3 is 2.61 bits per heavy atom. The highest BCUT2D eigenvalue weighted by molar-refractivity contribution is 9.10. The van der Waals surface area contributed by atoms with Gasteiger partial charge in [0.2, 0.25) is 5.91 Å². The predicted molar refractivity (Wildman–Crippen MR) is 82.2 cm³/mol. The van der Waals surface area contributed by atoms with Crippen LogP contribution in [-0.2, 0) is 4.79 Å². The zero-order chi connectivity index (χ0) is 13.0. The van der Waals surface area contributed by atoms with Crippen molar-refractivity contribution in [1.29, 1.82) is 0 Å². The maximum atomic E-state index is 11.9. The highest BCUT2D eigenvalue weighted by Gasteiger charge is 2.19. The van der Waals surface area contributed by atoms with Gasteiger partial charge in [0, 0.05) is 10.2 Å². The van der Waals surface area contributed by atoms with Crippen molar-refractivity contribution in [2.75, 3.05) is 5.32 Å². The van der Waals surface area contributed by atoms with E-state index >= 15 is 0 Å². The zero-order valence-electron chi connectivity index (χ0n) is 10.9. The lowest BCUT2D eigenvalue weighted by Gasteiger charge is -2.18. The monoisotopic (exact) mass is 334 g/mol. The van der Waals surface area contributed by atoms with Crippen molar-refractivity contribution in [1.82, 2.24) is 0 Å². The number of hydrogen-bond acceptors (Lipinski definition) is 2. The van der Waals surface area contributed by atoms with Crippen molar-refractivity contribution < 1.29 is 4.79 Å². The fourth-order valence-electron chi connectivity index (χ4n) is 1.46. The Kier molecular flexibility index (Phi) is 7.52. The van der Waals surface area contributed by atoms with Gasteiger partial charge in [-0.2, -0.15) is 0 Å². The van der Waals surface area contributed by atoms with Crippen LogP contribution in [0.5, 0.6) is 0 Å². The average Bonchev–Trinajstić information content (AvgIpc) is 2.31. The lowest BCUT2D eigenvalue weighted by Crippen LogP contribution is -2.40. The minimum absolute atomic E-state index is 0. The van der Waals surface area contributed by atoms with Crippen molar-refractivity contribution in [2.45, 2.75) is 33.2 Å². The van der Waals surface area contributed by atoms with Crippen LogP contribution in [0.15, 0.2) is 22.7 Å². The first-order valence-corrected chi connectivity index (χ1v) is 6.57. The maximum Gasteiger partial charge on any atom is 0.241 e. The minimum atomic E-state index is -0.455. The Hall–Kier alpha value is -0.580. The minimum Gasteiger partial charge on any atom is -0.325 e. The van der Waals surface area contributed by atoms with E-state index in [1.54, 1.807) is 0 Å². The predicted octanol–water partition coefficient (Wildman–Crippen LogP) is 3.49. The summed E-state index contributed by atoms with van der Waals surface area (Å²) >= 11 is 3.42. The van der Waals surface area contributed by atoms with Gasteiger partial charge in [0.05, 0.1) is 6.04 Å². The van der Waals surface area contributed by atoms with E-state index in [0.29, 0.717) is 0 Å². The summed E-state index contributed by atoms with van der Waals surface area (Å²) in [7, 11) is 0. The molecule has 0 aromatic heterocycles. The Balaban J connectivity index is 0.00000289. The molecule has 0 bridgehead atoms. The zero-order valence-corrected chi connectivity index (χ0v) is 13.3. The summed E-state index contributed by atoms with van der Waals surface area (Å²) in [6.45, 7) is 5.99. The van der Waals surface area contributed by atoms with Gasteiger partial charge in [-0.1, -0.05) is 36.2 Å². The largest absolute Gasteiger partial charge is 0.325 e. The van der Waals surface area contributed by atoms with Crippen LogP contribution < -0.4 is 11.1 Å². The normalized spacial score (nSPS) is 13.4. The highest BCUT2D eigenvalue weighted by Crippen LogP contribution is 2.20. The third-order valence-corrected chi connectivity index (χ3v) is 3.87. The molecule has 0 aliphatic heterocycles. The number of carbonyl (C=O) groups excluding carboxylic acids is 1. The van der Waals surface area contributed by atoms with Gasteiger partial charge < -0.3 is 11.1 Å². The fraction of sp³-hybridized carbons (Fsp3) is 0.462. The molecule has 0 saturated heterocycles. The van der Waals surface area contributed by atoms with Crippen molar-refractivity contribution in [3.05, 3.63) is 28.2 Å². The first-order chi connectivity index (χ1) is 7.95. The van der Waals surface area contributed by atoms with Crippen molar-refractivity contribution in [2.24, 2.45) is 11.7 Å². The van der Waals surface area contributed by atoms with Gasteiger partial charge >= 0.3 is 0 Å². The van der Waals surface area contributed by atoms with Gasteiger partial charge in [-0.3, -0.25) is 4.79 Å². The summed E-state index contributed by atoms with van der Waals surface area (Å²) in [6.07, 6.45) is 0.897. The molecule has 0 heterocycles. The number of amides is 1. The Morgan fingerprint density at radius 1 is 1.50 bits per heavy atom. The van der Waals surface area contributed by atoms with E-state index in [0.717, 1.165) is 22.1 Å². The number of carbonyl (C=O) groups is 1. The van der Waals surface area contributed by atoms with Crippen LogP contribution in [0.1, 0.15) is 25.8 Å². The molecule has 1 aromatic carbocycles. The first kappa shape index (κ1) is 17.4. The van der Waals surface area contributed by atoms with E-state index in [-0.39, 0.29) is 24.2 Å². The number of nitrogens with two attached hydrogens (primary N) is 1. The van der Waals surface area contributed by atoms with Crippen molar-refractivity contribution in [3.63, 3.8) is 0 Å². The molecule has 0 aliphatic carbocycles. The van der Waals surface area contributed by atoms with Gasteiger partial charge in [0.25, 0.3) is 0 Å². The molecule has 3 nitrogen and oxygen atoms in total. The number of anilines is 1. The van der Waals surface area contributed by atoms with Gasteiger partial charge in [-0.15, -0.1) is 12.4 Å². The molecule has 2 atom stereocenters. The number of aryl methyl sites for hydroxylation is 1. The Bertz CT molecular complexity index is 412. The second-order valence-electron chi connectivity index (χ2n) is 4.36. The van der Waals surface area contributed by atoms with Crippen LogP contribution in [0.3, 0.4) is 0 Å². The SMILES string of the molecule is CCC(C)C(N)C(=O)Nc1ccc(Br)c(C)c1.Cl. The number of benzene rings is 1. The number of hydrogen-bond donors (Lipinski definition) is 2. The van der Waals surface area contributed by atoms with Gasteiger partial charge in [0.15, 0.2) is 0 Å². The Labute approximate surface area is 123 Å². The highest BCUT2D eigenvalue weighted by atomic mass is 79.9. The molecule has 5 heteroatoms. The molecule has 0 radical (unpaired) electrons. The number of halogens is 2. The molecule has 102 valence electrons. The van der Waals surface area contributed by atoms with Crippen molar-refractivity contribution in [3.8, 4) is 0 Å². The first-order valence-electron chi connectivity index (χ1n) is 5.78. The summed E-state index contributed by atoms with van der Waals surface area (Å²) in [4.78, 5) is 11.9. The lowest BCUT2D eigenvalue weighted by atomic mass is 9.99. The van der Waals surface area contributed by atoms with E-state index in [4.69, 9.17) is 5.73 Å². The molecule has 0 fully saturated rings. The number of rotatable bonds is 4. The molecule has 1 rings (SSSR count). The van der Waals surface area contributed by atoms with E-state index in [1.165, 1.54) is 0 Å². The van der Waals surface area contributed by atoms with E-state index < -0.39 is 6.04 Å².